The molecule has 0 radical (unpaired) electrons. The zero-order valence-electron chi connectivity index (χ0n) is 9.28. The monoisotopic (exact) mass is 258 g/mol. The second-order valence-corrected chi connectivity index (χ2v) is 5.53. The summed E-state index contributed by atoms with van der Waals surface area (Å²) < 4.78 is 0. The molecule has 88 valence electrons. The molecule has 1 fully saturated rings. The van der Waals surface area contributed by atoms with Crippen LogP contribution in [0.25, 0.3) is 0 Å². The molecule has 2 heterocycles. The van der Waals surface area contributed by atoms with Crippen LogP contribution in [0.4, 0.5) is 5.13 Å². The van der Waals surface area contributed by atoms with E-state index < -0.39 is 0 Å². The minimum absolute atomic E-state index is 0.342. The standard InChI is InChI=1S/C11H15ClN2OS/c1-2-3-8-4-5-14(6-8)11-13-10(12)9(7-15)16-11/h7-8H,2-6H2,1H3. The Morgan fingerprint density at radius 2 is 2.50 bits per heavy atom. The van der Waals surface area contributed by atoms with E-state index in [0.717, 1.165) is 30.4 Å². The second kappa shape index (κ2) is 5.15. The lowest BCUT2D eigenvalue weighted by atomic mass is 10.0. The SMILES string of the molecule is CCCC1CCN(c2nc(Cl)c(C=O)s2)C1. The summed E-state index contributed by atoms with van der Waals surface area (Å²) in [6.45, 7) is 4.30. The molecule has 0 aliphatic carbocycles. The van der Waals surface area contributed by atoms with E-state index in [1.54, 1.807) is 0 Å². The van der Waals surface area contributed by atoms with Crippen LogP contribution in [-0.2, 0) is 0 Å². The third kappa shape index (κ3) is 2.38. The van der Waals surface area contributed by atoms with Gasteiger partial charge in [-0.15, -0.1) is 0 Å². The van der Waals surface area contributed by atoms with E-state index in [-0.39, 0.29) is 0 Å². The lowest BCUT2D eigenvalue weighted by Crippen LogP contribution is -2.19. The normalized spacial score (nSPS) is 20.4. The molecular weight excluding hydrogens is 244 g/mol. The van der Waals surface area contributed by atoms with Crippen LogP contribution in [0.1, 0.15) is 35.9 Å². The van der Waals surface area contributed by atoms with Crippen molar-refractivity contribution < 1.29 is 4.79 Å². The van der Waals surface area contributed by atoms with Gasteiger partial charge in [-0.2, -0.15) is 0 Å². The molecule has 1 aromatic rings. The van der Waals surface area contributed by atoms with Gasteiger partial charge in [0.05, 0.1) is 0 Å². The molecule has 0 spiro atoms. The number of rotatable bonds is 4. The van der Waals surface area contributed by atoms with Gasteiger partial charge in [-0.05, 0) is 18.8 Å². The van der Waals surface area contributed by atoms with Crippen molar-refractivity contribution in [3.8, 4) is 0 Å². The highest BCUT2D eigenvalue weighted by Crippen LogP contribution is 2.32. The highest BCUT2D eigenvalue weighted by Gasteiger charge is 2.24. The molecular formula is C11H15ClN2OS. The number of carbonyl (C=O) groups is 1. The van der Waals surface area contributed by atoms with Crippen LogP contribution in [0.5, 0.6) is 0 Å². The third-order valence-electron chi connectivity index (χ3n) is 2.96. The summed E-state index contributed by atoms with van der Waals surface area (Å²) in [6.07, 6.45) is 4.51. The number of anilines is 1. The number of thiazole rings is 1. The van der Waals surface area contributed by atoms with Gasteiger partial charge >= 0.3 is 0 Å². The molecule has 0 saturated carbocycles. The van der Waals surface area contributed by atoms with E-state index >= 15 is 0 Å². The van der Waals surface area contributed by atoms with Crippen LogP contribution in [0.2, 0.25) is 5.15 Å². The van der Waals surface area contributed by atoms with E-state index in [0.29, 0.717) is 10.0 Å². The van der Waals surface area contributed by atoms with E-state index in [4.69, 9.17) is 11.6 Å². The fourth-order valence-electron chi connectivity index (χ4n) is 2.16. The molecule has 5 heteroatoms. The zero-order valence-corrected chi connectivity index (χ0v) is 10.9. The van der Waals surface area contributed by atoms with E-state index in [9.17, 15) is 4.79 Å². The Balaban J connectivity index is 2.05. The van der Waals surface area contributed by atoms with Gasteiger partial charge in [-0.25, -0.2) is 4.98 Å². The van der Waals surface area contributed by atoms with Crippen LogP contribution in [0.3, 0.4) is 0 Å². The number of carbonyl (C=O) groups excluding carboxylic acids is 1. The van der Waals surface area contributed by atoms with Crippen LogP contribution >= 0.6 is 22.9 Å². The quantitative estimate of drug-likeness (QED) is 0.778. The van der Waals surface area contributed by atoms with E-state index in [2.05, 4.69) is 16.8 Å². The van der Waals surface area contributed by atoms with Crippen molar-refractivity contribution in [1.29, 1.82) is 0 Å². The fourth-order valence-corrected chi connectivity index (χ4v) is 3.26. The van der Waals surface area contributed by atoms with Crippen molar-refractivity contribution in [2.24, 2.45) is 5.92 Å². The molecule has 1 aliphatic rings. The van der Waals surface area contributed by atoms with Crippen LogP contribution < -0.4 is 4.90 Å². The summed E-state index contributed by atoms with van der Waals surface area (Å²) in [6, 6.07) is 0. The Bertz CT molecular complexity index is 380. The van der Waals surface area contributed by atoms with Crippen molar-refractivity contribution >= 4 is 34.4 Å². The molecule has 0 N–H and O–H groups in total. The number of halogens is 1. The van der Waals surface area contributed by atoms with E-state index in [1.165, 1.54) is 30.6 Å². The molecule has 0 aromatic carbocycles. The number of nitrogens with zero attached hydrogens (tertiary/aromatic N) is 2. The third-order valence-corrected chi connectivity index (χ3v) is 4.40. The van der Waals surface area contributed by atoms with Gasteiger partial charge in [0.25, 0.3) is 0 Å². The number of aromatic nitrogens is 1. The van der Waals surface area contributed by atoms with Crippen molar-refractivity contribution in [1.82, 2.24) is 4.98 Å². The fraction of sp³-hybridized carbons (Fsp3) is 0.636. The van der Waals surface area contributed by atoms with Gasteiger partial charge in [0.1, 0.15) is 4.88 Å². The first-order valence-corrected chi connectivity index (χ1v) is 6.80. The summed E-state index contributed by atoms with van der Waals surface area (Å²) in [4.78, 5) is 17.7. The topological polar surface area (TPSA) is 33.2 Å². The van der Waals surface area contributed by atoms with Gasteiger partial charge in [0.2, 0.25) is 0 Å². The molecule has 1 saturated heterocycles. The summed E-state index contributed by atoms with van der Waals surface area (Å²) in [5, 5.41) is 1.24. The molecule has 1 atom stereocenters. The number of hydrogen-bond donors (Lipinski definition) is 0. The molecule has 0 bridgehead atoms. The summed E-state index contributed by atoms with van der Waals surface area (Å²) in [7, 11) is 0. The Hall–Kier alpha value is -0.610. The van der Waals surface area contributed by atoms with Crippen molar-refractivity contribution in [3.63, 3.8) is 0 Å². The minimum Gasteiger partial charge on any atom is -0.348 e. The van der Waals surface area contributed by atoms with Crippen molar-refractivity contribution in [2.45, 2.75) is 26.2 Å². The number of aldehydes is 1. The average Bonchev–Trinajstić information content (AvgIpc) is 2.85. The first kappa shape index (κ1) is 11.9. The van der Waals surface area contributed by atoms with Gasteiger partial charge in [-0.3, -0.25) is 4.79 Å². The van der Waals surface area contributed by atoms with Gasteiger partial charge in [-0.1, -0.05) is 36.3 Å². The first-order valence-electron chi connectivity index (χ1n) is 5.61. The Morgan fingerprint density at radius 1 is 1.69 bits per heavy atom. The predicted molar refractivity (Wildman–Crippen MR) is 67.7 cm³/mol. The molecule has 16 heavy (non-hydrogen) atoms. The highest BCUT2D eigenvalue weighted by atomic mass is 35.5. The lowest BCUT2D eigenvalue weighted by Gasteiger charge is -2.14. The largest absolute Gasteiger partial charge is 0.348 e. The maximum atomic E-state index is 10.7. The van der Waals surface area contributed by atoms with Crippen molar-refractivity contribution in [3.05, 3.63) is 10.0 Å². The maximum absolute atomic E-state index is 10.7. The van der Waals surface area contributed by atoms with Gasteiger partial charge in [0.15, 0.2) is 16.6 Å². The molecule has 1 aromatic heterocycles. The smallest absolute Gasteiger partial charge is 0.187 e. The van der Waals surface area contributed by atoms with E-state index in [1.807, 2.05) is 0 Å². The summed E-state index contributed by atoms with van der Waals surface area (Å²) in [5.41, 5.74) is 0. The molecule has 1 aliphatic heterocycles. The zero-order chi connectivity index (χ0) is 11.5. The Labute approximate surface area is 104 Å². The van der Waals surface area contributed by atoms with Gasteiger partial charge < -0.3 is 4.90 Å². The molecule has 3 nitrogen and oxygen atoms in total. The molecule has 2 rings (SSSR count). The second-order valence-electron chi connectivity index (χ2n) is 4.16. The van der Waals surface area contributed by atoms with Crippen molar-refractivity contribution in [2.75, 3.05) is 18.0 Å². The van der Waals surface area contributed by atoms with Crippen LogP contribution in [0, 0.1) is 5.92 Å². The molecule has 0 amide bonds. The Morgan fingerprint density at radius 3 is 3.12 bits per heavy atom. The summed E-state index contributed by atoms with van der Waals surface area (Å²) in [5.74, 6) is 0.771. The average molecular weight is 259 g/mol. The van der Waals surface area contributed by atoms with Crippen LogP contribution in [0.15, 0.2) is 0 Å². The summed E-state index contributed by atoms with van der Waals surface area (Å²) >= 11 is 7.25. The Kier molecular flexibility index (Phi) is 3.82. The minimum atomic E-state index is 0.342. The van der Waals surface area contributed by atoms with Gasteiger partial charge in [0, 0.05) is 13.1 Å². The predicted octanol–water partition coefficient (Wildman–Crippen LogP) is 3.24. The maximum Gasteiger partial charge on any atom is 0.187 e. The first-order chi connectivity index (χ1) is 7.74. The highest BCUT2D eigenvalue weighted by molar-refractivity contribution is 7.17. The van der Waals surface area contributed by atoms with Crippen LogP contribution in [-0.4, -0.2) is 24.4 Å². The lowest BCUT2D eigenvalue weighted by molar-refractivity contribution is 0.112. The number of hydrogen-bond acceptors (Lipinski definition) is 4. The molecule has 1 unspecified atom stereocenters.